The SMILES string of the molecule is CN(C)S(=O)(=O)NC(=O)c1ccc(OCC2CC3CC4CCC2C(C4)C3)c(C2CC2)c1. The molecule has 3 bridgehead atoms. The molecule has 5 rings (SSSR count). The molecule has 4 aliphatic carbocycles. The van der Waals surface area contributed by atoms with Crippen LogP contribution in [-0.4, -0.2) is 39.3 Å². The summed E-state index contributed by atoms with van der Waals surface area (Å²) in [5.41, 5.74) is 1.42. The van der Waals surface area contributed by atoms with Crippen molar-refractivity contribution < 1.29 is 17.9 Å². The predicted octanol–water partition coefficient (Wildman–Crippen LogP) is 3.94. The summed E-state index contributed by atoms with van der Waals surface area (Å²) in [6.07, 6.45) is 10.6. The molecule has 5 atom stereocenters. The summed E-state index contributed by atoms with van der Waals surface area (Å²) in [7, 11) is -1.01. The second-order valence-corrected chi connectivity index (χ2v) is 12.4. The van der Waals surface area contributed by atoms with E-state index in [0.717, 1.165) is 58.7 Å². The number of benzene rings is 1. The van der Waals surface area contributed by atoms with Gasteiger partial charge in [-0.1, -0.05) is 6.42 Å². The van der Waals surface area contributed by atoms with Crippen LogP contribution in [-0.2, 0) is 10.2 Å². The van der Waals surface area contributed by atoms with Gasteiger partial charge in [0.1, 0.15) is 5.75 Å². The fourth-order valence-corrected chi connectivity index (χ4v) is 7.01. The van der Waals surface area contributed by atoms with Crippen LogP contribution in [0.2, 0.25) is 0 Å². The number of hydrogen-bond donors (Lipinski definition) is 1. The van der Waals surface area contributed by atoms with Gasteiger partial charge in [-0.05, 0) is 104 Å². The highest BCUT2D eigenvalue weighted by Crippen LogP contribution is 2.54. The number of nitrogens with zero attached hydrogens (tertiary/aromatic N) is 1. The van der Waals surface area contributed by atoms with Gasteiger partial charge in [0.25, 0.3) is 5.91 Å². The Kier molecular flexibility index (Phi) is 5.53. The van der Waals surface area contributed by atoms with E-state index < -0.39 is 16.1 Å². The maximum Gasteiger partial charge on any atom is 0.303 e. The van der Waals surface area contributed by atoms with Crippen molar-refractivity contribution in [2.24, 2.45) is 29.6 Å². The molecule has 170 valence electrons. The van der Waals surface area contributed by atoms with E-state index in [9.17, 15) is 13.2 Å². The van der Waals surface area contributed by atoms with Gasteiger partial charge in [0.15, 0.2) is 0 Å². The first-order chi connectivity index (χ1) is 14.8. The summed E-state index contributed by atoms with van der Waals surface area (Å²) in [5, 5.41) is 0. The van der Waals surface area contributed by atoms with E-state index in [0.29, 0.717) is 17.4 Å². The smallest absolute Gasteiger partial charge is 0.303 e. The Morgan fingerprint density at radius 3 is 2.58 bits per heavy atom. The monoisotopic (exact) mass is 446 g/mol. The molecule has 4 saturated carbocycles. The zero-order valence-corrected chi connectivity index (χ0v) is 19.4. The summed E-state index contributed by atoms with van der Waals surface area (Å²) >= 11 is 0. The number of carbonyl (C=O) groups excluding carboxylic acids is 1. The van der Waals surface area contributed by atoms with E-state index >= 15 is 0 Å². The molecule has 1 aromatic rings. The van der Waals surface area contributed by atoms with Crippen molar-refractivity contribution in [3.05, 3.63) is 29.3 Å². The molecule has 4 aliphatic rings. The highest BCUT2D eigenvalue weighted by Gasteiger charge is 2.45. The minimum absolute atomic E-state index is 0.366. The van der Waals surface area contributed by atoms with Crippen molar-refractivity contribution in [3.63, 3.8) is 0 Å². The predicted molar refractivity (Wildman–Crippen MR) is 119 cm³/mol. The number of hydrogen-bond acceptors (Lipinski definition) is 4. The largest absolute Gasteiger partial charge is 0.493 e. The molecule has 5 unspecified atom stereocenters. The van der Waals surface area contributed by atoms with Crippen molar-refractivity contribution >= 4 is 16.1 Å². The van der Waals surface area contributed by atoms with Gasteiger partial charge in [0.2, 0.25) is 0 Å². The second-order valence-electron chi connectivity index (χ2n) is 10.5. The van der Waals surface area contributed by atoms with Crippen LogP contribution >= 0.6 is 0 Å². The quantitative estimate of drug-likeness (QED) is 0.688. The highest BCUT2D eigenvalue weighted by atomic mass is 32.2. The first kappa shape index (κ1) is 21.3. The molecule has 0 aromatic heterocycles. The van der Waals surface area contributed by atoms with Gasteiger partial charge in [-0.15, -0.1) is 0 Å². The molecule has 0 radical (unpaired) electrons. The van der Waals surface area contributed by atoms with E-state index in [-0.39, 0.29) is 0 Å². The van der Waals surface area contributed by atoms with Gasteiger partial charge in [-0.3, -0.25) is 4.79 Å². The summed E-state index contributed by atoms with van der Waals surface area (Å²) in [6, 6.07) is 5.38. The summed E-state index contributed by atoms with van der Waals surface area (Å²) < 4.78 is 33.5. The number of amides is 1. The molecular weight excluding hydrogens is 412 g/mol. The first-order valence-corrected chi connectivity index (χ1v) is 13.3. The topological polar surface area (TPSA) is 75.7 Å². The Morgan fingerprint density at radius 1 is 1.06 bits per heavy atom. The Labute approximate surface area is 185 Å². The fraction of sp³-hybridized carbons (Fsp3) is 0.708. The molecule has 1 aromatic carbocycles. The molecule has 31 heavy (non-hydrogen) atoms. The van der Waals surface area contributed by atoms with Crippen LogP contribution in [0.5, 0.6) is 5.75 Å². The summed E-state index contributed by atoms with van der Waals surface area (Å²) in [5.74, 6) is 4.93. The molecule has 0 spiro atoms. The standard InChI is InChI=1S/C24H34N2O4S/c1-26(2)31(28,29)25-24(27)18-6-8-23(22(13-18)17-4-5-17)30-14-20-12-16-9-15-3-7-21(20)19(10-15)11-16/h6,8,13,15-17,19-21H,3-5,7,9-12,14H2,1-2H3,(H,25,27). The van der Waals surface area contributed by atoms with Gasteiger partial charge in [-0.2, -0.15) is 12.7 Å². The van der Waals surface area contributed by atoms with Crippen LogP contribution in [0.3, 0.4) is 0 Å². The maximum atomic E-state index is 12.5. The number of ether oxygens (including phenoxy) is 1. The van der Waals surface area contributed by atoms with Crippen molar-refractivity contribution in [2.75, 3.05) is 20.7 Å². The number of carbonyl (C=O) groups is 1. The van der Waals surface area contributed by atoms with Gasteiger partial charge in [0.05, 0.1) is 6.61 Å². The number of nitrogens with one attached hydrogen (secondary N) is 1. The molecule has 0 saturated heterocycles. The minimum atomic E-state index is -3.81. The lowest BCUT2D eigenvalue weighted by Crippen LogP contribution is -2.44. The van der Waals surface area contributed by atoms with Gasteiger partial charge < -0.3 is 4.74 Å². The molecule has 4 fully saturated rings. The third-order valence-corrected chi connectivity index (χ3v) is 9.54. The van der Waals surface area contributed by atoms with Crippen molar-refractivity contribution in [3.8, 4) is 5.75 Å². The Bertz CT molecular complexity index is 950. The van der Waals surface area contributed by atoms with E-state index in [1.165, 1.54) is 52.6 Å². The lowest BCUT2D eigenvalue weighted by atomic mass is 9.54. The minimum Gasteiger partial charge on any atom is -0.493 e. The van der Waals surface area contributed by atoms with Gasteiger partial charge in [0, 0.05) is 19.7 Å². The molecule has 1 amide bonds. The van der Waals surface area contributed by atoms with Gasteiger partial charge >= 0.3 is 10.2 Å². The maximum absolute atomic E-state index is 12.5. The van der Waals surface area contributed by atoms with Crippen LogP contribution in [0.15, 0.2) is 18.2 Å². The molecular formula is C24H34N2O4S. The fourth-order valence-electron chi connectivity index (χ4n) is 6.47. The second kappa shape index (κ2) is 8.07. The lowest BCUT2D eigenvalue weighted by molar-refractivity contribution is -0.0260. The molecule has 1 N–H and O–H groups in total. The molecule has 0 aliphatic heterocycles. The van der Waals surface area contributed by atoms with E-state index in [2.05, 4.69) is 4.72 Å². The van der Waals surface area contributed by atoms with Crippen molar-refractivity contribution in [2.45, 2.75) is 57.3 Å². The number of fused-ring (bicyclic) bond motifs is 2. The Morgan fingerprint density at radius 2 is 1.84 bits per heavy atom. The van der Waals surface area contributed by atoms with Crippen LogP contribution in [0.1, 0.15) is 73.2 Å². The van der Waals surface area contributed by atoms with Crippen molar-refractivity contribution in [1.82, 2.24) is 9.03 Å². The van der Waals surface area contributed by atoms with Crippen molar-refractivity contribution in [1.29, 1.82) is 0 Å². The van der Waals surface area contributed by atoms with Crippen LogP contribution in [0, 0.1) is 29.6 Å². The third-order valence-electron chi connectivity index (χ3n) is 8.14. The number of rotatable bonds is 7. The molecule has 7 heteroatoms. The van der Waals surface area contributed by atoms with Crippen LogP contribution in [0.25, 0.3) is 0 Å². The van der Waals surface area contributed by atoms with Crippen LogP contribution in [0.4, 0.5) is 0 Å². The first-order valence-electron chi connectivity index (χ1n) is 11.8. The average Bonchev–Trinajstić information content (AvgIpc) is 3.55. The van der Waals surface area contributed by atoms with Gasteiger partial charge in [-0.25, -0.2) is 4.72 Å². The molecule has 6 nitrogen and oxygen atoms in total. The summed E-state index contributed by atoms with van der Waals surface area (Å²) in [6.45, 7) is 0.766. The zero-order valence-electron chi connectivity index (χ0n) is 18.5. The average molecular weight is 447 g/mol. The van der Waals surface area contributed by atoms with Crippen LogP contribution < -0.4 is 9.46 Å². The van der Waals surface area contributed by atoms with E-state index in [4.69, 9.17) is 4.74 Å². The zero-order chi connectivity index (χ0) is 21.8. The summed E-state index contributed by atoms with van der Waals surface area (Å²) in [4.78, 5) is 12.5. The lowest BCUT2D eigenvalue weighted by Gasteiger charge is -2.52. The normalized spacial score (nSPS) is 32.2. The third kappa shape index (κ3) is 4.36. The van der Waals surface area contributed by atoms with E-state index in [1.807, 2.05) is 12.1 Å². The molecule has 0 heterocycles. The van der Waals surface area contributed by atoms with E-state index in [1.54, 1.807) is 6.07 Å². The Balaban J connectivity index is 1.29. The Hall–Kier alpha value is -1.60. The highest BCUT2D eigenvalue weighted by molar-refractivity contribution is 7.87.